The summed E-state index contributed by atoms with van der Waals surface area (Å²) in [6.45, 7) is 5.59. The van der Waals surface area contributed by atoms with Gasteiger partial charge in [0.15, 0.2) is 0 Å². The summed E-state index contributed by atoms with van der Waals surface area (Å²) in [5, 5.41) is 10.8. The van der Waals surface area contributed by atoms with Gasteiger partial charge in [0, 0.05) is 12.8 Å². The lowest BCUT2D eigenvalue weighted by Gasteiger charge is -2.27. The Morgan fingerprint density at radius 3 is 1.51 bits per heavy atom. The average Bonchev–Trinajstić information content (AvgIpc) is 3.01. The molecule has 11 nitrogen and oxygen atoms in total. The standard InChI is InChI=1S/C33H47FN6O5/c1-4-10-24(35)30(42)38-26(12-6-3)31(43)39-28(20-22-15-17-23(34)18-16-22)33(45)40-27(19-21-13-8-7-9-14-21)32(44)37-25(11-5-2)29(36)41/h7-9,13-18,24-28H,4-6,10-12,19-20,35H2,1-3H3,(H2,36,41)(H,37,44)(H,38,42)(H,39,43)(H,40,45)/t24-,25-,26-,27-,28-/m0/s1. The lowest BCUT2D eigenvalue weighted by Crippen LogP contribution is -2.59. The molecule has 2 rings (SSSR count). The van der Waals surface area contributed by atoms with Crippen molar-refractivity contribution >= 4 is 29.5 Å². The maximum absolute atomic E-state index is 13.8. The molecule has 2 aromatic rings. The molecule has 0 aliphatic carbocycles. The van der Waals surface area contributed by atoms with Gasteiger partial charge < -0.3 is 32.7 Å². The zero-order valence-corrected chi connectivity index (χ0v) is 26.3. The van der Waals surface area contributed by atoms with Gasteiger partial charge >= 0.3 is 0 Å². The van der Waals surface area contributed by atoms with Crippen LogP contribution in [0.3, 0.4) is 0 Å². The first kappa shape index (κ1) is 36.9. The molecule has 8 N–H and O–H groups in total. The van der Waals surface area contributed by atoms with Crippen molar-refractivity contribution in [3.63, 3.8) is 0 Å². The first-order chi connectivity index (χ1) is 21.5. The number of nitrogens with one attached hydrogen (secondary N) is 4. The van der Waals surface area contributed by atoms with Crippen molar-refractivity contribution in [1.82, 2.24) is 21.3 Å². The summed E-state index contributed by atoms with van der Waals surface area (Å²) in [6.07, 6.45) is 2.98. The second-order valence-electron chi connectivity index (χ2n) is 11.1. The zero-order valence-electron chi connectivity index (χ0n) is 26.3. The average molecular weight is 627 g/mol. The molecule has 0 spiro atoms. The van der Waals surface area contributed by atoms with E-state index in [9.17, 15) is 28.4 Å². The van der Waals surface area contributed by atoms with Gasteiger partial charge in [0.1, 0.15) is 30.0 Å². The Morgan fingerprint density at radius 2 is 1.02 bits per heavy atom. The van der Waals surface area contributed by atoms with Gasteiger partial charge in [-0.1, -0.05) is 82.5 Å². The molecule has 0 radical (unpaired) electrons. The quantitative estimate of drug-likeness (QED) is 0.138. The number of amides is 5. The van der Waals surface area contributed by atoms with Gasteiger partial charge in [0.2, 0.25) is 29.5 Å². The van der Waals surface area contributed by atoms with E-state index in [1.165, 1.54) is 24.3 Å². The number of rotatable bonds is 19. The Hall–Kier alpha value is -4.32. The van der Waals surface area contributed by atoms with Gasteiger partial charge in [0.25, 0.3) is 0 Å². The molecule has 0 unspecified atom stereocenters. The summed E-state index contributed by atoms with van der Waals surface area (Å²) in [5.74, 6) is -3.53. The molecule has 45 heavy (non-hydrogen) atoms. The Balaban J connectivity index is 2.36. The maximum atomic E-state index is 13.8. The lowest BCUT2D eigenvalue weighted by atomic mass is 10.0. The summed E-state index contributed by atoms with van der Waals surface area (Å²) < 4.78 is 13.6. The van der Waals surface area contributed by atoms with Crippen LogP contribution in [0.25, 0.3) is 0 Å². The summed E-state index contributed by atoms with van der Waals surface area (Å²) in [7, 11) is 0. The molecular formula is C33H47FN6O5. The number of hydrogen-bond acceptors (Lipinski definition) is 6. The highest BCUT2D eigenvalue weighted by Crippen LogP contribution is 2.10. The number of carbonyl (C=O) groups excluding carboxylic acids is 5. The Bertz CT molecular complexity index is 1260. The fourth-order valence-corrected chi connectivity index (χ4v) is 4.79. The van der Waals surface area contributed by atoms with Crippen molar-refractivity contribution in [3.8, 4) is 0 Å². The number of hydrogen-bond donors (Lipinski definition) is 6. The van der Waals surface area contributed by atoms with Crippen molar-refractivity contribution in [2.24, 2.45) is 11.5 Å². The predicted molar refractivity (Wildman–Crippen MR) is 170 cm³/mol. The van der Waals surface area contributed by atoms with E-state index in [0.717, 1.165) is 5.56 Å². The second-order valence-corrected chi connectivity index (χ2v) is 11.1. The minimum Gasteiger partial charge on any atom is -0.368 e. The Morgan fingerprint density at radius 1 is 0.600 bits per heavy atom. The van der Waals surface area contributed by atoms with Crippen molar-refractivity contribution < 1.29 is 28.4 Å². The fraction of sp³-hybridized carbons (Fsp3) is 0.485. The predicted octanol–water partition coefficient (Wildman–Crippen LogP) is 1.76. The van der Waals surface area contributed by atoms with Crippen LogP contribution < -0.4 is 32.7 Å². The van der Waals surface area contributed by atoms with Crippen LogP contribution in [0.2, 0.25) is 0 Å². The molecule has 0 bridgehead atoms. The van der Waals surface area contributed by atoms with E-state index in [4.69, 9.17) is 11.5 Å². The van der Waals surface area contributed by atoms with Gasteiger partial charge in [-0.05, 0) is 42.5 Å². The van der Waals surface area contributed by atoms with E-state index in [-0.39, 0.29) is 12.8 Å². The molecule has 246 valence electrons. The fourth-order valence-electron chi connectivity index (χ4n) is 4.79. The van der Waals surface area contributed by atoms with E-state index >= 15 is 0 Å². The molecular weight excluding hydrogens is 579 g/mol. The largest absolute Gasteiger partial charge is 0.368 e. The van der Waals surface area contributed by atoms with E-state index in [2.05, 4.69) is 21.3 Å². The smallest absolute Gasteiger partial charge is 0.243 e. The summed E-state index contributed by atoms with van der Waals surface area (Å²) in [4.78, 5) is 65.3. The molecule has 5 amide bonds. The highest BCUT2D eigenvalue weighted by molar-refractivity contribution is 5.96. The molecule has 0 saturated heterocycles. The first-order valence-electron chi connectivity index (χ1n) is 15.5. The maximum Gasteiger partial charge on any atom is 0.243 e. The highest BCUT2D eigenvalue weighted by atomic mass is 19.1. The van der Waals surface area contributed by atoms with Gasteiger partial charge in [-0.25, -0.2) is 4.39 Å². The van der Waals surface area contributed by atoms with Gasteiger partial charge in [0.05, 0.1) is 6.04 Å². The van der Waals surface area contributed by atoms with Crippen LogP contribution in [0.1, 0.15) is 70.4 Å². The van der Waals surface area contributed by atoms with Crippen LogP contribution in [0.4, 0.5) is 4.39 Å². The Kier molecular flexibility index (Phi) is 15.7. The minimum atomic E-state index is -1.20. The second kappa shape index (κ2) is 19.1. The number of primary amides is 1. The number of benzene rings is 2. The van der Waals surface area contributed by atoms with Crippen molar-refractivity contribution in [2.75, 3.05) is 0 Å². The SMILES string of the molecule is CCC[C@H](NC(=O)[C@H](Cc1ccccc1)NC(=O)[C@H](Cc1ccc(F)cc1)NC(=O)[C@H](CCC)NC(=O)[C@@H](N)CCC)C(N)=O. The van der Waals surface area contributed by atoms with Crippen LogP contribution in [-0.4, -0.2) is 59.7 Å². The third-order valence-electron chi connectivity index (χ3n) is 7.29. The van der Waals surface area contributed by atoms with Crippen LogP contribution in [0, 0.1) is 5.82 Å². The monoisotopic (exact) mass is 626 g/mol. The normalized spacial score (nSPS) is 14.2. The molecule has 12 heteroatoms. The minimum absolute atomic E-state index is 0.0284. The van der Waals surface area contributed by atoms with Crippen LogP contribution in [0.15, 0.2) is 54.6 Å². The molecule has 0 aromatic heterocycles. The van der Waals surface area contributed by atoms with E-state index in [0.29, 0.717) is 44.1 Å². The topological polar surface area (TPSA) is 186 Å². The summed E-state index contributed by atoms with van der Waals surface area (Å²) in [5.41, 5.74) is 12.7. The van der Waals surface area contributed by atoms with E-state index in [1.807, 2.05) is 26.8 Å². The molecule has 0 saturated carbocycles. The molecule has 0 fully saturated rings. The first-order valence-corrected chi connectivity index (χ1v) is 15.5. The van der Waals surface area contributed by atoms with E-state index in [1.54, 1.807) is 24.3 Å². The number of nitrogens with two attached hydrogens (primary N) is 2. The van der Waals surface area contributed by atoms with Crippen LogP contribution >= 0.6 is 0 Å². The highest BCUT2D eigenvalue weighted by Gasteiger charge is 2.31. The van der Waals surface area contributed by atoms with Gasteiger partial charge in [-0.15, -0.1) is 0 Å². The molecule has 2 aromatic carbocycles. The van der Waals surface area contributed by atoms with Crippen molar-refractivity contribution in [3.05, 3.63) is 71.5 Å². The van der Waals surface area contributed by atoms with Crippen LogP contribution in [-0.2, 0) is 36.8 Å². The Labute approximate surface area is 264 Å². The van der Waals surface area contributed by atoms with Gasteiger partial charge in [-0.2, -0.15) is 0 Å². The van der Waals surface area contributed by atoms with Crippen molar-refractivity contribution in [1.29, 1.82) is 0 Å². The molecule has 0 aliphatic rings. The molecule has 5 atom stereocenters. The third kappa shape index (κ3) is 12.7. The number of halogens is 1. The summed E-state index contributed by atoms with van der Waals surface area (Å²) >= 11 is 0. The third-order valence-corrected chi connectivity index (χ3v) is 7.29. The lowest BCUT2D eigenvalue weighted by molar-refractivity contribution is -0.134. The molecule has 0 aliphatic heterocycles. The van der Waals surface area contributed by atoms with Gasteiger partial charge in [-0.3, -0.25) is 24.0 Å². The van der Waals surface area contributed by atoms with Crippen LogP contribution in [0.5, 0.6) is 0 Å². The zero-order chi connectivity index (χ0) is 33.4. The molecule has 0 heterocycles. The van der Waals surface area contributed by atoms with E-state index < -0.39 is 65.6 Å². The summed E-state index contributed by atoms with van der Waals surface area (Å²) in [6, 6.07) is 9.48. The van der Waals surface area contributed by atoms with Crippen molar-refractivity contribution in [2.45, 2.75) is 102 Å². The number of carbonyl (C=O) groups is 5.